The normalized spacial score (nSPS) is 14.0. The quantitative estimate of drug-likeness (QED) is 0.0195. The number of phosphoric ester groups is 1. The standard InChI is InChI=1S/C82H138NO8P/c1-6-8-10-12-14-16-18-20-22-24-26-28-30-32-34-35-36-37-38-39-40-41-42-43-44-45-46-47-49-51-53-55-57-59-61-63-65-67-69-71-73-75-82(85)91-80(79-90-92(86,87)89-77-76-83(3,4)5)78-88-81(84)74-72-70-68-66-64-62-60-58-56-54-52-50-48-33-31-29-27-25-23-21-19-17-15-13-11-9-7-2/h8-11,14-17,20-23,26-29,32,34,36-37,39-40,42-43,45-46,80H,6-7,12-13,18-19,24-25,30-31,33,35,38,41,44,47-79H2,1-5H3/b10-8-,11-9-,16-14-,17-15-,22-20-,23-21-,28-26-,29-27-,34-32-,37-36-,40-39-,43-42-,46-45-. The van der Waals surface area contributed by atoms with Crippen molar-refractivity contribution in [1.29, 1.82) is 0 Å². The van der Waals surface area contributed by atoms with Gasteiger partial charge in [0.1, 0.15) is 19.8 Å². The molecule has 0 rings (SSSR count). The number of carbonyl (C=O) groups is 2. The van der Waals surface area contributed by atoms with Crippen molar-refractivity contribution in [2.24, 2.45) is 0 Å². The van der Waals surface area contributed by atoms with Crippen molar-refractivity contribution in [3.63, 3.8) is 0 Å². The second-order valence-electron chi connectivity index (χ2n) is 25.5. The average molecular weight is 1300 g/mol. The van der Waals surface area contributed by atoms with Crippen LogP contribution in [0.15, 0.2) is 158 Å². The Morgan fingerprint density at radius 2 is 0.587 bits per heavy atom. The summed E-state index contributed by atoms with van der Waals surface area (Å²) in [6.07, 6.45) is 106. The molecular weight excluding hydrogens is 1160 g/mol. The fraction of sp³-hybridized carbons (Fsp3) is 0.659. The minimum atomic E-state index is -4.65. The first-order chi connectivity index (χ1) is 45.0. The molecule has 0 radical (unpaired) electrons. The molecule has 0 amide bonds. The highest BCUT2D eigenvalue weighted by Gasteiger charge is 2.22. The predicted molar refractivity (Wildman–Crippen MR) is 397 cm³/mol. The summed E-state index contributed by atoms with van der Waals surface area (Å²) in [6.45, 7) is 4.02. The minimum Gasteiger partial charge on any atom is -0.756 e. The number of phosphoric acid groups is 1. The van der Waals surface area contributed by atoms with E-state index < -0.39 is 26.5 Å². The van der Waals surface area contributed by atoms with Gasteiger partial charge in [0.25, 0.3) is 7.82 Å². The number of esters is 2. The van der Waals surface area contributed by atoms with Crippen molar-refractivity contribution in [3.8, 4) is 0 Å². The third-order valence-corrected chi connectivity index (χ3v) is 16.5. The Morgan fingerprint density at radius 1 is 0.337 bits per heavy atom. The molecule has 0 N–H and O–H groups in total. The number of allylic oxidation sites excluding steroid dienone is 26. The highest BCUT2D eigenvalue weighted by molar-refractivity contribution is 7.45. The number of likely N-dealkylation sites (N-methyl/N-ethyl adjacent to an activating group) is 1. The molecule has 0 spiro atoms. The molecule has 0 saturated carbocycles. The molecule has 2 unspecified atom stereocenters. The maximum Gasteiger partial charge on any atom is 0.306 e. The van der Waals surface area contributed by atoms with Crippen molar-refractivity contribution in [1.82, 2.24) is 0 Å². The van der Waals surface area contributed by atoms with E-state index in [1.54, 1.807) is 0 Å². The molecule has 0 aliphatic carbocycles. The second kappa shape index (κ2) is 70.9. The maximum atomic E-state index is 12.9. The van der Waals surface area contributed by atoms with Gasteiger partial charge in [-0.25, -0.2) is 0 Å². The molecule has 0 fully saturated rings. The molecule has 0 aliphatic rings. The summed E-state index contributed by atoms with van der Waals surface area (Å²) in [5, 5.41) is 0. The molecule has 0 saturated heterocycles. The van der Waals surface area contributed by atoms with Gasteiger partial charge in [0.15, 0.2) is 6.10 Å². The Labute approximate surface area is 566 Å². The molecule has 10 heteroatoms. The third-order valence-electron chi connectivity index (χ3n) is 15.5. The van der Waals surface area contributed by atoms with Crippen LogP contribution in [0.4, 0.5) is 0 Å². The van der Waals surface area contributed by atoms with Crippen LogP contribution in [0.1, 0.15) is 296 Å². The van der Waals surface area contributed by atoms with Gasteiger partial charge in [-0.15, -0.1) is 0 Å². The number of nitrogens with zero attached hydrogens (tertiary/aromatic N) is 1. The highest BCUT2D eigenvalue weighted by Crippen LogP contribution is 2.38. The van der Waals surface area contributed by atoms with E-state index in [2.05, 4.69) is 172 Å². The van der Waals surface area contributed by atoms with Gasteiger partial charge in [-0.05, 0) is 122 Å². The first-order valence-corrected chi connectivity index (χ1v) is 38.7. The largest absolute Gasteiger partial charge is 0.756 e. The number of hydrogen-bond donors (Lipinski definition) is 0. The van der Waals surface area contributed by atoms with E-state index in [0.717, 1.165) is 122 Å². The van der Waals surface area contributed by atoms with Gasteiger partial charge >= 0.3 is 11.9 Å². The molecule has 9 nitrogen and oxygen atoms in total. The lowest BCUT2D eigenvalue weighted by atomic mass is 10.0. The zero-order chi connectivity index (χ0) is 66.9. The highest BCUT2D eigenvalue weighted by atomic mass is 31.2. The van der Waals surface area contributed by atoms with Crippen LogP contribution in [0.3, 0.4) is 0 Å². The summed E-state index contributed by atoms with van der Waals surface area (Å²) in [4.78, 5) is 38.1. The lowest BCUT2D eigenvalue weighted by Crippen LogP contribution is -2.37. The molecule has 0 bridgehead atoms. The topological polar surface area (TPSA) is 111 Å². The molecule has 92 heavy (non-hydrogen) atoms. The molecule has 524 valence electrons. The summed E-state index contributed by atoms with van der Waals surface area (Å²) < 4.78 is 34.4. The van der Waals surface area contributed by atoms with E-state index in [9.17, 15) is 19.0 Å². The summed E-state index contributed by atoms with van der Waals surface area (Å²) in [6, 6.07) is 0. The molecule has 2 atom stereocenters. The van der Waals surface area contributed by atoms with E-state index in [1.165, 1.54) is 141 Å². The molecule has 0 aromatic rings. The molecule has 0 aliphatic heterocycles. The summed E-state index contributed by atoms with van der Waals surface area (Å²) in [5.41, 5.74) is 0. The number of carbonyl (C=O) groups excluding carboxylic acids is 2. The van der Waals surface area contributed by atoms with Gasteiger partial charge in [0.05, 0.1) is 27.7 Å². The first kappa shape index (κ1) is 87.6. The van der Waals surface area contributed by atoms with E-state index in [4.69, 9.17) is 18.5 Å². The SMILES string of the molecule is CC/C=C\C/C=C\C/C=C\C/C=C\C/C=C\C/C=C\C/C=C\C/C=C\C/C=C\CCCCCCCCCCCCCCCC(=O)OC(COC(=O)CCCCCCCCCCCCCCCC/C=C\C/C=C\C/C=C\C/C=C\CC)COP(=O)([O-])OCC[N+](C)(C)C. The number of rotatable bonds is 67. The smallest absolute Gasteiger partial charge is 0.306 e. The number of ether oxygens (including phenoxy) is 2. The van der Waals surface area contributed by atoms with Gasteiger partial charge < -0.3 is 27.9 Å². The van der Waals surface area contributed by atoms with Gasteiger partial charge in [0, 0.05) is 12.8 Å². The van der Waals surface area contributed by atoms with Crippen molar-refractivity contribution < 1.29 is 42.1 Å². The Morgan fingerprint density at radius 3 is 0.870 bits per heavy atom. The van der Waals surface area contributed by atoms with Gasteiger partial charge in [0.2, 0.25) is 0 Å². The zero-order valence-electron chi connectivity index (χ0n) is 59.7. The lowest BCUT2D eigenvalue weighted by molar-refractivity contribution is -0.870. The van der Waals surface area contributed by atoms with Crippen LogP contribution in [0.25, 0.3) is 0 Å². The van der Waals surface area contributed by atoms with Gasteiger partial charge in [-0.1, -0.05) is 320 Å². The predicted octanol–water partition coefficient (Wildman–Crippen LogP) is 24.1. The van der Waals surface area contributed by atoms with Crippen molar-refractivity contribution in [2.75, 3.05) is 47.5 Å². The van der Waals surface area contributed by atoms with Crippen LogP contribution in [0.5, 0.6) is 0 Å². The van der Waals surface area contributed by atoms with E-state index in [1.807, 2.05) is 21.1 Å². The fourth-order valence-corrected chi connectivity index (χ4v) is 10.7. The van der Waals surface area contributed by atoms with Crippen molar-refractivity contribution in [3.05, 3.63) is 158 Å². The van der Waals surface area contributed by atoms with Crippen LogP contribution in [0, 0.1) is 0 Å². The zero-order valence-corrected chi connectivity index (χ0v) is 60.6. The number of hydrogen-bond acceptors (Lipinski definition) is 8. The molecule has 0 aromatic carbocycles. The Kier molecular flexibility index (Phi) is 67.6. The second-order valence-corrected chi connectivity index (χ2v) is 27.0. The molecule has 0 heterocycles. The van der Waals surface area contributed by atoms with Crippen LogP contribution in [-0.2, 0) is 32.7 Å². The van der Waals surface area contributed by atoms with E-state index >= 15 is 0 Å². The fourth-order valence-electron chi connectivity index (χ4n) is 9.94. The Hall–Kier alpha value is -4.37. The van der Waals surface area contributed by atoms with Crippen molar-refractivity contribution in [2.45, 2.75) is 302 Å². The first-order valence-electron chi connectivity index (χ1n) is 37.2. The number of unbranched alkanes of at least 4 members (excludes halogenated alkanes) is 27. The third kappa shape index (κ3) is 74.7. The minimum absolute atomic E-state index is 0.0368. The summed E-state index contributed by atoms with van der Waals surface area (Å²) in [5.74, 6) is -0.835. The van der Waals surface area contributed by atoms with E-state index in [-0.39, 0.29) is 32.0 Å². The maximum absolute atomic E-state index is 12.9. The van der Waals surface area contributed by atoms with Crippen LogP contribution >= 0.6 is 7.82 Å². The Balaban J connectivity index is 4.04. The van der Waals surface area contributed by atoms with E-state index in [0.29, 0.717) is 17.4 Å². The molecule has 0 aromatic heterocycles. The van der Waals surface area contributed by atoms with Crippen LogP contribution < -0.4 is 4.89 Å². The molecular formula is C82H138NO8P. The van der Waals surface area contributed by atoms with Gasteiger partial charge in [-0.3, -0.25) is 14.2 Å². The Bertz CT molecular complexity index is 2110. The average Bonchev–Trinajstić information content (AvgIpc) is 2.23. The van der Waals surface area contributed by atoms with Crippen LogP contribution in [-0.4, -0.2) is 70.0 Å². The van der Waals surface area contributed by atoms with Gasteiger partial charge in [-0.2, -0.15) is 0 Å². The summed E-state index contributed by atoms with van der Waals surface area (Å²) >= 11 is 0. The van der Waals surface area contributed by atoms with Crippen LogP contribution in [0.2, 0.25) is 0 Å². The lowest BCUT2D eigenvalue weighted by Gasteiger charge is -2.28. The van der Waals surface area contributed by atoms with Crippen molar-refractivity contribution >= 4 is 19.8 Å². The number of quaternary nitrogens is 1. The monoisotopic (exact) mass is 1300 g/mol. The summed E-state index contributed by atoms with van der Waals surface area (Å²) in [7, 11) is 1.16.